The molecule has 7 heteroatoms. The van der Waals surface area contributed by atoms with Crippen molar-refractivity contribution in [3.8, 4) is 0 Å². The molecule has 29 heavy (non-hydrogen) atoms. The molecule has 0 unspecified atom stereocenters. The third kappa shape index (κ3) is 5.12. The highest BCUT2D eigenvalue weighted by molar-refractivity contribution is 6.31. The number of hydrogen-bond acceptors (Lipinski definition) is 4. The van der Waals surface area contributed by atoms with Crippen molar-refractivity contribution in [3.05, 3.63) is 98.9 Å². The summed E-state index contributed by atoms with van der Waals surface area (Å²) in [6, 6.07) is 16.4. The molecule has 0 saturated heterocycles. The van der Waals surface area contributed by atoms with Crippen LogP contribution in [0.1, 0.15) is 33.2 Å². The number of anilines is 1. The second-order valence-electron chi connectivity index (χ2n) is 6.23. The Kier molecular flexibility index (Phi) is 6.46. The first-order chi connectivity index (χ1) is 14.0. The first kappa shape index (κ1) is 20.4. The Morgan fingerprint density at radius 3 is 2.38 bits per heavy atom. The first-order valence-corrected chi connectivity index (χ1v) is 9.38. The number of carbonyl (C=O) groups excluding carboxylic acids is 2. The average Bonchev–Trinajstić information content (AvgIpc) is 2.72. The van der Waals surface area contributed by atoms with Crippen LogP contribution >= 0.6 is 11.6 Å². The van der Waals surface area contributed by atoms with E-state index in [9.17, 15) is 14.4 Å². The van der Waals surface area contributed by atoms with Gasteiger partial charge in [-0.15, -0.1) is 0 Å². The maximum atomic E-state index is 12.6. The minimum atomic E-state index is -0.419. The number of hydrogen-bond donors (Lipinski definition) is 1. The number of nitrogens with one attached hydrogen (secondary N) is 1. The third-order valence-corrected chi connectivity index (χ3v) is 4.57. The molecule has 1 aromatic heterocycles. The zero-order valence-electron chi connectivity index (χ0n) is 15.7. The van der Waals surface area contributed by atoms with Gasteiger partial charge in [0.25, 0.3) is 11.5 Å². The van der Waals surface area contributed by atoms with Gasteiger partial charge in [-0.25, -0.2) is 4.79 Å². The fourth-order valence-electron chi connectivity index (χ4n) is 2.71. The number of halogens is 1. The van der Waals surface area contributed by atoms with Crippen LogP contribution in [-0.4, -0.2) is 23.1 Å². The van der Waals surface area contributed by atoms with Crippen LogP contribution in [0.2, 0.25) is 5.02 Å². The summed E-state index contributed by atoms with van der Waals surface area (Å²) in [6.45, 7) is 2.28. The van der Waals surface area contributed by atoms with E-state index < -0.39 is 5.97 Å². The van der Waals surface area contributed by atoms with Gasteiger partial charge in [-0.1, -0.05) is 29.8 Å². The number of carbonyl (C=O) groups is 2. The van der Waals surface area contributed by atoms with Crippen LogP contribution in [0, 0.1) is 0 Å². The van der Waals surface area contributed by atoms with E-state index in [-0.39, 0.29) is 18.0 Å². The molecular formula is C22H19ClN2O4. The molecule has 0 aliphatic rings. The lowest BCUT2D eigenvalue weighted by Crippen LogP contribution is -2.22. The van der Waals surface area contributed by atoms with Crippen molar-refractivity contribution in [1.29, 1.82) is 0 Å². The van der Waals surface area contributed by atoms with Crippen LogP contribution in [0.5, 0.6) is 0 Å². The molecule has 1 amide bonds. The summed E-state index contributed by atoms with van der Waals surface area (Å²) < 4.78 is 6.36. The second kappa shape index (κ2) is 9.21. The lowest BCUT2D eigenvalue weighted by Gasteiger charge is -2.10. The summed E-state index contributed by atoms with van der Waals surface area (Å²) in [4.78, 5) is 36.4. The summed E-state index contributed by atoms with van der Waals surface area (Å²) in [7, 11) is 0. The van der Waals surface area contributed by atoms with E-state index in [1.807, 2.05) is 18.2 Å². The van der Waals surface area contributed by atoms with Crippen molar-refractivity contribution in [1.82, 2.24) is 4.57 Å². The molecule has 0 radical (unpaired) electrons. The monoisotopic (exact) mass is 410 g/mol. The molecular weight excluding hydrogens is 392 g/mol. The minimum absolute atomic E-state index is 0.236. The molecule has 6 nitrogen and oxygen atoms in total. The molecule has 1 heterocycles. The van der Waals surface area contributed by atoms with Crippen molar-refractivity contribution in [3.63, 3.8) is 0 Å². The van der Waals surface area contributed by atoms with E-state index in [0.717, 1.165) is 5.56 Å². The second-order valence-corrected chi connectivity index (χ2v) is 6.63. The zero-order valence-corrected chi connectivity index (χ0v) is 16.5. The van der Waals surface area contributed by atoms with Gasteiger partial charge in [-0.3, -0.25) is 9.59 Å². The van der Waals surface area contributed by atoms with Gasteiger partial charge in [0.2, 0.25) is 0 Å². The van der Waals surface area contributed by atoms with Gasteiger partial charge in [0.1, 0.15) is 0 Å². The molecule has 0 fully saturated rings. The van der Waals surface area contributed by atoms with Gasteiger partial charge in [0.15, 0.2) is 0 Å². The summed E-state index contributed by atoms with van der Waals surface area (Å²) in [5, 5.41) is 3.30. The molecule has 0 saturated carbocycles. The highest BCUT2D eigenvalue weighted by Crippen LogP contribution is 2.16. The average molecular weight is 411 g/mol. The molecule has 3 rings (SSSR count). The maximum absolute atomic E-state index is 12.6. The van der Waals surface area contributed by atoms with Crippen LogP contribution < -0.4 is 10.9 Å². The number of esters is 1. The molecule has 1 N–H and O–H groups in total. The molecule has 0 spiro atoms. The Morgan fingerprint density at radius 2 is 1.69 bits per heavy atom. The summed E-state index contributed by atoms with van der Waals surface area (Å²) in [6.07, 6.45) is 1.49. The quantitative estimate of drug-likeness (QED) is 0.623. The smallest absolute Gasteiger partial charge is 0.338 e. The normalized spacial score (nSPS) is 10.4. The number of amides is 1. The van der Waals surface area contributed by atoms with Gasteiger partial charge in [0.05, 0.1) is 24.3 Å². The summed E-state index contributed by atoms with van der Waals surface area (Å²) in [5.41, 5.74) is 1.79. The topological polar surface area (TPSA) is 77.4 Å². The largest absolute Gasteiger partial charge is 0.462 e. The van der Waals surface area contributed by atoms with E-state index >= 15 is 0 Å². The van der Waals surface area contributed by atoms with E-state index in [4.69, 9.17) is 16.3 Å². The zero-order chi connectivity index (χ0) is 20.8. The van der Waals surface area contributed by atoms with Crippen LogP contribution in [0.15, 0.2) is 71.7 Å². The van der Waals surface area contributed by atoms with Crippen LogP contribution in [0.25, 0.3) is 0 Å². The third-order valence-electron chi connectivity index (χ3n) is 4.20. The van der Waals surface area contributed by atoms with Gasteiger partial charge in [-0.05, 0) is 48.9 Å². The van der Waals surface area contributed by atoms with Gasteiger partial charge >= 0.3 is 5.97 Å². The predicted molar refractivity (Wildman–Crippen MR) is 112 cm³/mol. The molecule has 0 atom stereocenters. The molecule has 0 aliphatic heterocycles. The van der Waals surface area contributed by atoms with Crippen molar-refractivity contribution in [2.24, 2.45) is 0 Å². The lowest BCUT2D eigenvalue weighted by atomic mass is 10.2. The standard InChI is InChI=1S/C22H19ClN2O4/c1-2-29-22(28)15-7-10-18(11-8-15)24-21(27)17-9-12-20(26)25(14-17)13-16-5-3-4-6-19(16)23/h3-12,14H,2,13H2,1H3,(H,24,27). The van der Waals surface area contributed by atoms with Crippen molar-refractivity contribution >= 4 is 29.2 Å². The van der Waals surface area contributed by atoms with Crippen molar-refractivity contribution < 1.29 is 14.3 Å². The van der Waals surface area contributed by atoms with Crippen molar-refractivity contribution in [2.45, 2.75) is 13.5 Å². The molecule has 148 valence electrons. The Hall–Kier alpha value is -3.38. The van der Waals surface area contributed by atoms with E-state index in [1.54, 1.807) is 37.3 Å². The number of benzene rings is 2. The van der Waals surface area contributed by atoms with E-state index in [0.29, 0.717) is 28.4 Å². The fraction of sp³-hybridized carbons (Fsp3) is 0.136. The predicted octanol–water partition coefficient (Wildman–Crippen LogP) is 3.98. The number of nitrogens with zero attached hydrogens (tertiary/aromatic N) is 1. The number of aromatic nitrogens is 1. The number of rotatable bonds is 6. The minimum Gasteiger partial charge on any atom is -0.462 e. The van der Waals surface area contributed by atoms with Gasteiger partial charge < -0.3 is 14.6 Å². The molecule has 2 aromatic carbocycles. The van der Waals surface area contributed by atoms with E-state index in [1.165, 1.54) is 22.9 Å². The number of pyridine rings is 1. The Labute approximate surface area is 172 Å². The molecule has 3 aromatic rings. The SMILES string of the molecule is CCOC(=O)c1ccc(NC(=O)c2ccc(=O)n(Cc3ccccc3Cl)c2)cc1. The van der Waals surface area contributed by atoms with Gasteiger partial charge in [-0.2, -0.15) is 0 Å². The Bertz CT molecular complexity index is 1090. The highest BCUT2D eigenvalue weighted by atomic mass is 35.5. The van der Waals surface area contributed by atoms with E-state index in [2.05, 4.69) is 5.32 Å². The molecule has 0 bridgehead atoms. The lowest BCUT2D eigenvalue weighted by molar-refractivity contribution is 0.0526. The van der Waals surface area contributed by atoms with Gasteiger partial charge in [0, 0.05) is 23.0 Å². The summed E-state index contributed by atoms with van der Waals surface area (Å²) in [5.74, 6) is -0.793. The fourth-order valence-corrected chi connectivity index (χ4v) is 2.90. The van der Waals surface area contributed by atoms with Crippen LogP contribution in [0.3, 0.4) is 0 Å². The van der Waals surface area contributed by atoms with Crippen LogP contribution in [0.4, 0.5) is 5.69 Å². The van der Waals surface area contributed by atoms with Crippen LogP contribution in [-0.2, 0) is 11.3 Å². The number of ether oxygens (including phenoxy) is 1. The summed E-state index contributed by atoms with van der Waals surface area (Å²) >= 11 is 6.16. The molecule has 0 aliphatic carbocycles. The highest BCUT2D eigenvalue weighted by Gasteiger charge is 2.11. The first-order valence-electron chi connectivity index (χ1n) is 9.00. The van der Waals surface area contributed by atoms with Crippen molar-refractivity contribution in [2.75, 3.05) is 11.9 Å². The maximum Gasteiger partial charge on any atom is 0.338 e. The Morgan fingerprint density at radius 1 is 1.00 bits per heavy atom. The Balaban J connectivity index is 1.75.